The third kappa shape index (κ3) is 7.36. The predicted molar refractivity (Wildman–Crippen MR) is 192 cm³/mol. The lowest BCUT2D eigenvalue weighted by atomic mass is 9.97. The van der Waals surface area contributed by atoms with E-state index < -0.39 is 6.10 Å². The van der Waals surface area contributed by atoms with Crippen LogP contribution < -0.4 is 20.9 Å². The molecule has 0 saturated carbocycles. The standard InChI is InChI=1S/C36H39Cl2N7O4/c1-21(46)18-43(2)20-31-42-45-19-23(15-30(45)36(48)44(31)3)25-7-5-8-26(33(25)37)27-9-6-10-28(34(27)38)29-13-11-22(35(41-29)49-4)16-39-17-24-12-14-32(47)40-24/h5-11,13,15,19,21,24,39,46H,12,14,16-18,20H2,1-4H3,(H,40,47)/t21-,24?/m0/s1. The number of halogens is 2. The normalized spacial score (nSPS) is 15.3. The molecule has 13 heteroatoms. The van der Waals surface area contributed by atoms with Gasteiger partial charge in [-0.1, -0.05) is 65.7 Å². The molecule has 1 amide bonds. The highest BCUT2D eigenvalue weighted by Gasteiger charge is 2.21. The van der Waals surface area contributed by atoms with Gasteiger partial charge in [-0.05, 0) is 32.5 Å². The molecule has 256 valence electrons. The minimum atomic E-state index is -0.501. The van der Waals surface area contributed by atoms with E-state index in [1.54, 1.807) is 37.9 Å². The van der Waals surface area contributed by atoms with Gasteiger partial charge in [0.05, 0.1) is 35.5 Å². The Kier molecular flexibility index (Phi) is 10.4. The molecule has 3 aromatic heterocycles. The van der Waals surface area contributed by atoms with E-state index in [2.05, 4.69) is 10.6 Å². The average molecular weight is 705 g/mol. The molecule has 0 aliphatic carbocycles. The van der Waals surface area contributed by atoms with Gasteiger partial charge >= 0.3 is 0 Å². The zero-order valence-electron chi connectivity index (χ0n) is 27.8. The summed E-state index contributed by atoms with van der Waals surface area (Å²) in [6.07, 6.45) is 2.69. The van der Waals surface area contributed by atoms with Crippen LogP contribution in [-0.4, -0.2) is 74.5 Å². The molecule has 0 spiro atoms. The summed E-state index contributed by atoms with van der Waals surface area (Å²) in [7, 11) is 5.16. The van der Waals surface area contributed by atoms with Crippen molar-refractivity contribution < 1.29 is 14.6 Å². The van der Waals surface area contributed by atoms with E-state index in [0.717, 1.165) is 39.8 Å². The Bertz CT molecular complexity index is 2080. The van der Waals surface area contributed by atoms with Gasteiger partial charge < -0.3 is 20.5 Å². The maximum Gasteiger partial charge on any atom is 0.277 e. The van der Waals surface area contributed by atoms with Crippen LogP contribution >= 0.6 is 23.2 Å². The molecule has 0 radical (unpaired) electrons. The fourth-order valence-corrected chi connectivity index (χ4v) is 6.92. The van der Waals surface area contributed by atoms with Gasteiger partial charge in [-0.3, -0.25) is 19.1 Å². The minimum Gasteiger partial charge on any atom is -0.481 e. The van der Waals surface area contributed by atoms with Crippen LogP contribution in [0.1, 0.15) is 31.2 Å². The van der Waals surface area contributed by atoms with Crippen LogP contribution in [0.25, 0.3) is 39.0 Å². The zero-order valence-corrected chi connectivity index (χ0v) is 29.3. The van der Waals surface area contributed by atoms with E-state index in [0.29, 0.717) is 65.6 Å². The number of hydrogen-bond acceptors (Lipinski definition) is 8. The summed E-state index contributed by atoms with van der Waals surface area (Å²) in [5, 5.41) is 21.8. The molecule has 5 aromatic rings. The molecular weight excluding hydrogens is 665 g/mol. The zero-order chi connectivity index (χ0) is 34.8. The first-order valence-electron chi connectivity index (χ1n) is 16.1. The third-order valence-electron chi connectivity index (χ3n) is 8.72. The van der Waals surface area contributed by atoms with Crippen LogP contribution in [0, 0.1) is 0 Å². The van der Waals surface area contributed by atoms with E-state index in [1.807, 2.05) is 60.5 Å². The summed E-state index contributed by atoms with van der Waals surface area (Å²) in [5.74, 6) is 1.15. The number of pyridine rings is 1. The SMILES string of the molecule is COc1nc(-c2cccc(-c3cccc(-c4cc5c(=O)n(C)c(CN(C)C[C@H](C)O)nn5c4)c3Cl)c2Cl)ccc1CNCC1CCC(=O)N1. The number of benzene rings is 2. The molecular formula is C36H39Cl2N7O4. The van der Waals surface area contributed by atoms with E-state index in [4.69, 9.17) is 38.0 Å². The number of methoxy groups -OCH3 is 1. The van der Waals surface area contributed by atoms with Crippen LogP contribution in [0.5, 0.6) is 5.88 Å². The Balaban J connectivity index is 1.28. The monoisotopic (exact) mass is 703 g/mol. The fourth-order valence-electron chi connectivity index (χ4n) is 6.26. The third-order valence-corrected chi connectivity index (χ3v) is 9.53. The van der Waals surface area contributed by atoms with Crippen molar-refractivity contribution in [2.45, 2.75) is 45.0 Å². The van der Waals surface area contributed by atoms with Gasteiger partial charge in [-0.15, -0.1) is 0 Å². The molecule has 0 bridgehead atoms. The predicted octanol–water partition coefficient (Wildman–Crippen LogP) is 4.93. The quantitative estimate of drug-likeness (QED) is 0.167. The van der Waals surface area contributed by atoms with Gasteiger partial charge in [0.25, 0.3) is 5.56 Å². The highest BCUT2D eigenvalue weighted by molar-refractivity contribution is 6.39. The molecule has 2 atom stereocenters. The number of nitrogens with zero attached hydrogens (tertiary/aromatic N) is 5. The van der Waals surface area contributed by atoms with Crippen LogP contribution in [0.3, 0.4) is 0 Å². The number of carbonyl (C=O) groups is 1. The summed E-state index contributed by atoms with van der Waals surface area (Å²) in [4.78, 5) is 31.5. The molecule has 3 N–H and O–H groups in total. The molecule has 1 aliphatic heterocycles. The average Bonchev–Trinajstić information content (AvgIpc) is 3.69. The number of fused-ring (bicyclic) bond motifs is 1. The Morgan fingerprint density at radius 3 is 2.45 bits per heavy atom. The minimum absolute atomic E-state index is 0.0914. The lowest BCUT2D eigenvalue weighted by molar-refractivity contribution is -0.119. The van der Waals surface area contributed by atoms with Gasteiger partial charge in [0, 0.05) is 78.7 Å². The Morgan fingerprint density at radius 2 is 1.78 bits per heavy atom. The van der Waals surface area contributed by atoms with Gasteiger partial charge in [0.15, 0.2) is 0 Å². The lowest BCUT2D eigenvalue weighted by Gasteiger charge is -2.19. The number of aliphatic hydroxyl groups is 1. The number of aliphatic hydroxyl groups excluding tert-OH is 1. The van der Waals surface area contributed by atoms with Crippen molar-refractivity contribution in [3.63, 3.8) is 0 Å². The maximum atomic E-state index is 13.3. The smallest absolute Gasteiger partial charge is 0.277 e. The molecule has 4 heterocycles. The van der Waals surface area contributed by atoms with Crippen LogP contribution in [0.2, 0.25) is 10.0 Å². The second-order valence-electron chi connectivity index (χ2n) is 12.5. The number of rotatable bonds is 12. The van der Waals surface area contributed by atoms with Crippen molar-refractivity contribution in [3.05, 3.63) is 92.6 Å². The molecule has 6 rings (SSSR count). The van der Waals surface area contributed by atoms with E-state index >= 15 is 0 Å². The van der Waals surface area contributed by atoms with Gasteiger partial charge in [0.1, 0.15) is 11.3 Å². The topological polar surface area (TPSA) is 126 Å². The maximum absolute atomic E-state index is 13.3. The molecule has 11 nitrogen and oxygen atoms in total. The second kappa shape index (κ2) is 14.7. The second-order valence-corrected chi connectivity index (χ2v) is 13.3. The van der Waals surface area contributed by atoms with Gasteiger partial charge in [-0.2, -0.15) is 5.10 Å². The van der Waals surface area contributed by atoms with Crippen molar-refractivity contribution in [1.29, 1.82) is 0 Å². The van der Waals surface area contributed by atoms with Crippen molar-refractivity contribution in [2.24, 2.45) is 7.05 Å². The summed E-state index contributed by atoms with van der Waals surface area (Å²) in [6, 6.07) is 17.3. The van der Waals surface area contributed by atoms with E-state index in [9.17, 15) is 14.7 Å². The number of hydrogen-bond donors (Lipinski definition) is 3. The summed E-state index contributed by atoms with van der Waals surface area (Å²) in [6.45, 7) is 3.77. The number of ether oxygens (including phenoxy) is 1. The largest absolute Gasteiger partial charge is 0.481 e. The first-order valence-corrected chi connectivity index (χ1v) is 16.9. The van der Waals surface area contributed by atoms with Crippen LogP contribution in [0.15, 0.2) is 65.6 Å². The number of carbonyl (C=O) groups excluding carboxylic acids is 1. The number of amides is 1. The Morgan fingerprint density at radius 1 is 1.08 bits per heavy atom. The molecule has 49 heavy (non-hydrogen) atoms. The Labute approximate surface area is 294 Å². The van der Waals surface area contributed by atoms with E-state index in [1.165, 1.54) is 4.57 Å². The number of likely N-dealkylation sites (N-methyl/N-ethyl adjacent to an activating group) is 1. The Hall–Kier alpha value is -4.26. The van der Waals surface area contributed by atoms with Crippen molar-refractivity contribution in [3.8, 4) is 39.4 Å². The summed E-state index contributed by atoms with van der Waals surface area (Å²) < 4.78 is 8.76. The number of nitrogens with one attached hydrogen (secondary N) is 2. The summed E-state index contributed by atoms with van der Waals surface area (Å²) in [5.41, 5.74) is 5.44. The highest BCUT2D eigenvalue weighted by Crippen LogP contribution is 2.42. The fraction of sp³-hybridized carbons (Fsp3) is 0.333. The molecule has 2 aromatic carbocycles. The first kappa shape index (κ1) is 34.6. The first-order chi connectivity index (χ1) is 23.5. The van der Waals surface area contributed by atoms with Crippen molar-refractivity contribution in [1.82, 2.24) is 34.7 Å². The van der Waals surface area contributed by atoms with Gasteiger partial charge in [-0.25, -0.2) is 9.50 Å². The molecule has 1 saturated heterocycles. The van der Waals surface area contributed by atoms with E-state index in [-0.39, 0.29) is 17.5 Å². The lowest BCUT2D eigenvalue weighted by Crippen LogP contribution is -2.35. The van der Waals surface area contributed by atoms with Crippen LogP contribution in [-0.2, 0) is 24.9 Å². The summed E-state index contributed by atoms with van der Waals surface area (Å²) >= 11 is 14.2. The number of aromatic nitrogens is 4. The molecule has 1 unspecified atom stereocenters. The van der Waals surface area contributed by atoms with Gasteiger partial charge in [0.2, 0.25) is 11.8 Å². The highest BCUT2D eigenvalue weighted by atomic mass is 35.5. The molecule has 1 fully saturated rings. The van der Waals surface area contributed by atoms with Crippen molar-refractivity contribution >= 4 is 34.6 Å². The van der Waals surface area contributed by atoms with Crippen LogP contribution in [0.4, 0.5) is 0 Å². The van der Waals surface area contributed by atoms with Crippen molar-refractivity contribution in [2.75, 3.05) is 27.2 Å². The molecule has 1 aliphatic rings.